The minimum Gasteiger partial charge on any atom is -0.466 e. The van der Waals surface area contributed by atoms with E-state index in [4.69, 9.17) is 4.74 Å². The molecule has 1 fully saturated rings. The molecule has 0 bridgehead atoms. The third-order valence-electron chi connectivity index (χ3n) is 4.47. The maximum Gasteiger partial charge on any atom is 0.305 e. The monoisotopic (exact) mass is 450 g/mol. The highest BCUT2D eigenvalue weighted by Gasteiger charge is 2.33. The first-order chi connectivity index (χ1) is 14.0. The minimum atomic E-state index is -0.534. The first-order valence-corrected chi connectivity index (χ1v) is 12.7. The summed E-state index contributed by atoms with van der Waals surface area (Å²) in [4.78, 5) is 36.6. The molecule has 0 aromatic carbocycles. The van der Waals surface area contributed by atoms with E-state index in [9.17, 15) is 24.6 Å². The summed E-state index contributed by atoms with van der Waals surface area (Å²) in [5.74, 6) is 1.39. The Bertz CT molecular complexity index is 509. The molecule has 1 aliphatic heterocycles. The summed E-state index contributed by atoms with van der Waals surface area (Å²) in [6.45, 7) is 2.96. The Morgan fingerprint density at radius 1 is 1.10 bits per heavy atom. The lowest BCUT2D eigenvalue weighted by molar-refractivity contribution is -0.143. The van der Waals surface area contributed by atoms with E-state index in [-0.39, 0.29) is 30.4 Å². The molecule has 0 aromatic heterocycles. The van der Waals surface area contributed by atoms with Gasteiger partial charge in [0.05, 0.1) is 25.4 Å². The molecule has 1 heterocycles. The van der Waals surface area contributed by atoms with Crippen molar-refractivity contribution in [2.45, 2.75) is 64.0 Å². The number of nitrogens with zero attached hydrogens (tertiary/aromatic N) is 1. The number of aliphatic hydroxyl groups excluding tert-OH is 2. The highest BCUT2D eigenvalue weighted by Crippen LogP contribution is 2.23. The van der Waals surface area contributed by atoms with Crippen molar-refractivity contribution in [3.63, 3.8) is 0 Å². The predicted molar refractivity (Wildman–Crippen MR) is 115 cm³/mol. The van der Waals surface area contributed by atoms with Crippen LogP contribution in [-0.4, -0.2) is 82.9 Å². The van der Waals surface area contributed by atoms with Crippen molar-refractivity contribution in [3.05, 3.63) is 0 Å². The van der Waals surface area contributed by atoms with Crippen LogP contribution < -0.4 is 5.32 Å². The molecule has 1 saturated heterocycles. The summed E-state index contributed by atoms with van der Waals surface area (Å²) in [5.41, 5.74) is 0. The molecule has 10 heteroatoms. The fourth-order valence-electron chi connectivity index (χ4n) is 3.02. The number of carbonyl (C=O) groups excluding carboxylic acids is 3. The Balaban J connectivity index is 1.93. The van der Waals surface area contributed by atoms with E-state index in [1.54, 1.807) is 33.4 Å². The second-order valence-corrected chi connectivity index (χ2v) is 9.58. The lowest BCUT2D eigenvalue weighted by Crippen LogP contribution is -2.37. The molecule has 3 N–H and O–H groups in total. The van der Waals surface area contributed by atoms with Gasteiger partial charge in [-0.3, -0.25) is 14.4 Å². The Kier molecular flexibility index (Phi) is 14.2. The number of hydrogen-bond donors (Lipinski definition) is 3. The van der Waals surface area contributed by atoms with Gasteiger partial charge >= 0.3 is 5.97 Å². The van der Waals surface area contributed by atoms with Crippen molar-refractivity contribution < 1.29 is 29.3 Å². The predicted octanol–water partition coefficient (Wildman–Crippen LogP) is 1.34. The maximum absolute atomic E-state index is 12.2. The van der Waals surface area contributed by atoms with E-state index in [0.29, 0.717) is 58.2 Å². The molecule has 1 rings (SSSR count). The average Bonchev–Trinajstić information content (AvgIpc) is 3.08. The number of hydrogen-bond acceptors (Lipinski definition) is 8. The molecule has 2 amide bonds. The zero-order valence-corrected chi connectivity index (χ0v) is 18.8. The molecule has 0 spiro atoms. The van der Waals surface area contributed by atoms with Gasteiger partial charge in [-0.1, -0.05) is 21.6 Å². The molecule has 29 heavy (non-hydrogen) atoms. The molecule has 0 aromatic rings. The van der Waals surface area contributed by atoms with Gasteiger partial charge in [0.15, 0.2) is 0 Å². The fourth-order valence-corrected chi connectivity index (χ4v) is 5.02. The number of β-amino-alcohol motifs (C(OH)–C–C–N with tert-alkyl or cyclic N) is 1. The molecule has 0 radical (unpaired) electrons. The zero-order valence-electron chi connectivity index (χ0n) is 17.1. The van der Waals surface area contributed by atoms with Gasteiger partial charge in [0, 0.05) is 43.9 Å². The second-order valence-electron chi connectivity index (χ2n) is 6.88. The number of aliphatic hydroxyl groups is 2. The largest absolute Gasteiger partial charge is 0.466 e. The van der Waals surface area contributed by atoms with Crippen LogP contribution >= 0.6 is 21.6 Å². The Morgan fingerprint density at radius 3 is 2.55 bits per heavy atom. The number of nitrogens with one attached hydrogen (secondary N) is 1. The van der Waals surface area contributed by atoms with E-state index >= 15 is 0 Å². The average molecular weight is 451 g/mol. The van der Waals surface area contributed by atoms with Crippen molar-refractivity contribution in [2.24, 2.45) is 0 Å². The molecule has 2 atom stereocenters. The summed E-state index contributed by atoms with van der Waals surface area (Å²) in [6, 6.07) is -0.256. The molecular weight excluding hydrogens is 416 g/mol. The van der Waals surface area contributed by atoms with Crippen LogP contribution in [0.2, 0.25) is 0 Å². The Labute approximate surface area is 180 Å². The SMILES string of the molecule is CCOC(=O)CCCCC(=O)NCCSSCCCC(=O)N1C[C@H](O)C[C@H]1CO. The summed E-state index contributed by atoms with van der Waals surface area (Å²) in [5, 5.41) is 21.8. The number of carbonyl (C=O) groups is 3. The first kappa shape index (κ1) is 26.1. The number of amides is 2. The van der Waals surface area contributed by atoms with Crippen LogP contribution in [0.1, 0.15) is 51.9 Å². The topological polar surface area (TPSA) is 116 Å². The third-order valence-corrected chi connectivity index (χ3v) is 6.97. The summed E-state index contributed by atoms with van der Waals surface area (Å²) in [6.07, 6.45) is 3.18. The van der Waals surface area contributed by atoms with Gasteiger partial charge < -0.3 is 25.2 Å². The van der Waals surface area contributed by atoms with Crippen LogP contribution in [0, 0.1) is 0 Å². The van der Waals surface area contributed by atoms with Gasteiger partial charge in [0.2, 0.25) is 11.8 Å². The van der Waals surface area contributed by atoms with Crippen LogP contribution in [0.3, 0.4) is 0 Å². The molecule has 168 valence electrons. The van der Waals surface area contributed by atoms with Gasteiger partial charge in [-0.25, -0.2) is 0 Å². The number of unbranched alkanes of at least 4 members (excludes halogenated alkanes) is 1. The van der Waals surface area contributed by atoms with Gasteiger partial charge in [-0.15, -0.1) is 0 Å². The minimum absolute atomic E-state index is 0.00343. The van der Waals surface area contributed by atoms with Crippen LogP contribution in [0.4, 0.5) is 0 Å². The van der Waals surface area contributed by atoms with Crippen LogP contribution in [0.15, 0.2) is 0 Å². The molecule has 0 saturated carbocycles. The first-order valence-electron chi connectivity index (χ1n) is 10.2. The number of ether oxygens (including phenoxy) is 1. The highest BCUT2D eigenvalue weighted by molar-refractivity contribution is 8.76. The highest BCUT2D eigenvalue weighted by atomic mass is 33.1. The van der Waals surface area contributed by atoms with Crippen LogP contribution in [-0.2, 0) is 19.1 Å². The van der Waals surface area contributed by atoms with E-state index < -0.39 is 6.10 Å². The summed E-state index contributed by atoms with van der Waals surface area (Å²) >= 11 is 0. The fraction of sp³-hybridized carbons (Fsp3) is 0.842. The third kappa shape index (κ3) is 11.7. The number of rotatable bonds is 15. The van der Waals surface area contributed by atoms with Crippen molar-refractivity contribution >= 4 is 39.4 Å². The van der Waals surface area contributed by atoms with Crippen molar-refractivity contribution in [3.8, 4) is 0 Å². The Hall–Kier alpha value is -0.970. The lowest BCUT2D eigenvalue weighted by Gasteiger charge is -2.22. The van der Waals surface area contributed by atoms with Gasteiger partial charge in [0.25, 0.3) is 0 Å². The van der Waals surface area contributed by atoms with E-state index in [0.717, 1.165) is 17.9 Å². The normalized spacial score (nSPS) is 18.7. The van der Waals surface area contributed by atoms with Crippen molar-refractivity contribution in [1.82, 2.24) is 10.2 Å². The quantitative estimate of drug-likeness (QED) is 0.194. The van der Waals surface area contributed by atoms with Gasteiger partial charge in [-0.05, 0) is 32.6 Å². The number of likely N-dealkylation sites (tertiary alicyclic amines) is 1. The number of esters is 1. The van der Waals surface area contributed by atoms with Crippen LogP contribution in [0.5, 0.6) is 0 Å². The Morgan fingerprint density at radius 2 is 1.83 bits per heavy atom. The van der Waals surface area contributed by atoms with Crippen molar-refractivity contribution in [2.75, 3.05) is 37.8 Å². The van der Waals surface area contributed by atoms with Gasteiger partial charge in [-0.2, -0.15) is 0 Å². The lowest BCUT2D eigenvalue weighted by atomic mass is 10.2. The summed E-state index contributed by atoms with van der Waals surface area (Å²) in [7, 11) is 3.33. The molecular formula is C19H34N2O6S2. The van der Waals surface area contributed by atoms with E-state index in [1.807, 2.05) is 0 Å². The van der Waals surface area contributed by atoms with Gasteiger partial charge in [0.1, 0.15) is 0 Å². The maximum atomic E-state index is 12.2. The van der Waals surface area contributed by atoms with E-state index in [2.05, 4.69) is 5.32 Å². The molecule has 8 nitrogen and oxygen atoms in total. The smallest absolute Gasteiger partial charge is 0.305 e. The van der Waals surface area contributed by atoms with E-state index in [1.165, 1.54) is 0 Å². The molecule has 0 aliphatic carbocycles. The second kappa shape index (κ2) is 15.8. The summed E-state index contributed by atoms with van der Waals surface area (Å²) < 4.78 is 4.84. The molecule has 1 aliphatic rings. The zero-order chi connectivity index (χ0) is 21.5. The van der Waals surface area contributed by atoms with Crippen LogP contribution in [0.25, 0.3) is 0 Å². The standard InChI is InChI=1S/C19H34N2O6S2/c1-2-27-19(26)8-4-3-6-17(24)20-9-11-29-28-10-5-7-18(25)21-13-16(23)12-15(21)14-22/h15-16,22-23H,2-14H2,1H3,(H,20,24)/t15-,16+/m0/s1. The van der Waals surface area contributed by atoms with Crippen molar-refractivity contribution in [1.29, 1.82) is 0 Å². The molecule has 0 unspecified atom stereocenters.